The minimum absolute atomic E-state index is 0.235. The van der Waals surface area contributed by atoms with Gasteiger partial charge in [-0.3, -0.25) is 9.59 Å². The third-order valence-electron chi connectivity index (χ3n) is 1.23. The first-order valence-electron chi connectivity index (χ1n) is 3.56. The second kappa shape index (κ2) is 5.19. The lowest BCUT2D eigenvalue weighted by atomic mass is 10.3. The maximum Gasteiger partial charge on any atom is 0.296 e. The molecule has 0 aromatic rings. The maximum atomic E-state index is 10.9. The Balaban J connectivity index is 3.97. The third kappa shape index (κ3) is 3.62. The Hall–Kier alpha value is -1.50. The molecule has 0 saturated heterocycles. The highest BCUT2D eigenvalue weighted by molar-refractivity contribution is 5.96. The molecule has 2 amide bonds. The molecule has 0 fully saturated rings. The molecule has 4 nitrogen and oxygen atoms in total. The number of rotatable bonds is 2. The first-order chi connectivity index (χ1) is 5.61. The number of carbonyl (C=O) groups is 2. The van der Waals surface area contributed by atoms with E-state index in [9.17, 15) is 9.59 Å². The highest BCUT2D eigenvalue weighted by Gasteiger charge is 2.11. The molecule has 0 radical (unpaired) electrons. The van der Waals surface area contributed by atoms with Crippen molar-refractivity contribution in [1.29, 1.82) is 0 Å². The van der Waals surface area contributed by atoms with Gasteiger partial charge in [0, 0.05) is 7.05 Å². The van der Waals surface area contributed by atoms with Crippen molar-refractivity contribution in [2.45, 2.75) is 19.9 Å². The van der Waals surface area contributed by atoms with Gasteiger partial charge in [0.15, 0.2) is 0 Å². The number of carbonyl (C=O) groups excluding carboxylic acids is 2. The highest BCUT2D eigenvalue weighted by atomic mass is 16.2. The van der Waals surface area contributed by atoms with Gasteiger partial charge in [-0.25, -0.2) is 0 Å². The molecule has 0 aromatic heterocycles. The van der Waals surface area contributed by atoms with Crippen molar-refractivity contribution in [3.05, 3.63) is 0 Å². The lowest BCUT2D eigenvalue weighted by Gasteiger charge is -2.08. The Bertz CT molecular complexity index is 237. The van der Waals surface area contributed by atoms with Crippen LogP contribution in [0.3, 0.4) is 0 Å². The predicted octanol–water partition coefficient (Wildman–Crippen LogP) is -0.740. The van der Waals surface area contributed by atoms with Crippen LogP contribution in [0.15, 0.2) is 0 Å². The molecule has 0 aliphatic carbocycles. The predicted molar refractivity (Wildman–Crippen MR) is 45.1 cm³/mol. The second-order valence-electron chi connectivity index (χ2n) is 2.18. The normalized spacial score (nSPS) is 10.6. The van der Waals surface area contributed by atoms with E-state index in [1.807, 2.05) is 0 Å². The van der Waals surface area contributed by atoms with Crippen LogP contribution in [0.1, 0.15) is 13.8 Å². The van der Waals surface area contributed by atoms with E-state index in [1.54, 1.807) is 13.8 Å². The summed E-state index contributed by atoms with van der Waals surface area (Å²) in [6.45, 7) is 3.15. The van der Waals surface area contributed by atoms with E-state index in [1.165, 1.54) is 7.05 Å². The average Bonchev–Trinajstić information content (AvgIpc) is 2.03. The maximum absolute atomic E-state index is 10.9. The number of nitrogens with one attached hydrogen (secondary N) is 2. The summed E-state index contributed by atoms with van der Waals surface area (Å²) < 4.78 is 0. The highest BCUT2D eigenvalue weighted by Crippen LogP contribution is 1.79. The summed E-state index contributed by atoms with van der Waals surface area (Å²) in [6.07, 6.45) is 0. The molecule has 66 valence electrons. The van der Waals surface area contributed by atoms with Gasteiger partial charge in [0.2, 0.25) is 5.91 Å². The molecule has 0 rings (SSSR count). The Morgan fingerprint density at radius 3 is 2.42 bits per heavy atom. The van der Waals surface area contributed by atoms with Crippen LogP contribution >= 0.6 is 0 Å². The SMILES string of the molecule is CC#CC(=O)NC(C)C(=O)NC. The third-order valence-corrected chi connectivity index (χ3v) is 1.23. The van der Waals surface area contributed by atoms with Gasteiger partial charge in [-0.15, -0.1) is 0 Å². The molecule has 0 saturated carbocycles. The zero-order chi connectivity index (χ0) is 9.56. The summed E-state index contributed by atoms with van der Waals surface area (Å²) in [4.78, 5) is 21.7. The molecule has 0 aliphatic rings. The quantitative estimate of drug-likeness (QED) is 0.533. The fourth-order valence-corrected chi connectivity index (χ4v) is 0.628. The Morgan fingerprint density at radius 2 is 2.00 bits per heavy atom. The minimum Gasteiger partial charge on any atom is -0.357 e. The van der Waals surface area contributed by atoms with Crippen LogP contribution in [0.5, 0.6) is 0 Å². The zero-order valence-electron chi connectivity index (χ0n) is 7.39. The Kier molecular flexibility index (Phi) is 4.54. The Labute approximate surface area is 71.7 Å². The van der Waals surface area contributed by atoms with E-state index in [-0.39, 0.29) is 5.91 Å². The number of hydrogen-bond donors (Lipinski definition) is 2. The lowest BCUT2D eigenvalue weighted by molar-refractivity contribution is -0.126. The second-order valence-corrected chi connectivity index (χ2v) is 2.18. The average molecular weight is 168 g/mol. The van der Waals surface area contributed by atoms with E-state index in [0.29, 0.717) is 0 Å². The molecule has 1 unspecified atom stereocenters. The molecule has 0 spiro atoms. The van der Waals surface area contributed by atoms with Crippen LogP contribution in [0.4, 0.5) is 0 Å². The van der Waals surface area contributed by atoms with Crippen LogP contribution in [-0.4, -0.2) is 24.9 Å². The van der Waals surface area contributed by atoms with Crippen molar-refractivity contribution < 1.29 is 9.59 Å². The minimum atomic E-state index is -0.539. The molecule has 4 heteroatoms. The summed E-state index contributed by atoms with van der Waals surface area (Å²) in [5.74, 6) is 4.04. The van der Waals surface area contributed by atoms with Gasteiger partial charge < -0.3 is 10.6 Å². The van der Waals surface area contributed by atoms with Gasteiger partial charge in [0.1, 0.15) is 6.04 Å². The van der Waals surface area contributed by atoms with Gasteiger partial charge >= 0.3 is 0 Å². The van der Waals surface area contributed by atoms with E-state index in [2.05, 4.69) is 22.5 Å². The lowest BCUT2D eigenvalue weighted by Crippen LogP contribution is -2.43. The van der Waals surface area contributed by atoms with Crippen molar-refractivity contribution in [3.8, 4) is 11.8 Å². The zero-order valence-corrected chi connectivity index (χ0v) is 7.39. The van der Waals surface area contributed by atoms with E-state index in [4.69, 9.17) is 0 Å². The van der Waals surface area contributed by atoms with Crippen LogP contribution in [-0.2, 0) is 9.59 Å². The molecule has 2 N–H and O–H groups in total. The standard InChI is InChI=1S/C8H12N2O2/c1-4-5-7(11)10-6(2)8(12)9-3/h6H,1-3H3,(H,9,12)(H,10,11). The van der Waals surface area contributed by atoms with Crippen molar-refractivity contribution >= 4 is 11.8 Å². The molecule has 0 heterocycles. The van der Waals surface area contributed by atoms with Crippen LogP contribution in [0.2, 0.25) is 0 Å². The number of hydrogen-bond acceptors (Lipinski definition) is 2. The summed E-state index contributed by atoms with van der Waals surface area (Å²) in [6, 6.07) is -0.539. The van der Waals surface area contributed by atoms with Gasteiger partial charge in [-0.05, 0) is 19.8 Å². The monoisotopic (exact) mass is 168 g/mol. The first kappa shape index (κ1) is 10.5. The van der Waals surface area contributed by atoms with Gasteiger partial charge in [-0.1, -0.05) is 5.92 Å². The van der Waals surface area contributed by atoms with Crippen LogP contribution in [0, 0.1) is 11.8 Å². The molecule has 0 aromatic carbocycles. The summed E-state index contributed by atoms with van der Waals surface area (Å²) in [7, 11) is 1.51. The first-order valence-corrected chi connectivity index (χ1v) is 3.56. The largest absolute Gasteiger partial charge is 0.357 e. The van der Waals surface area contributed by atoms with Crippen molar-refractivity contribution in [1.82, 2.24) is 10.6 Å². The summed E-state index contributed by atoms with van der Waals surface area (Å²) in [5, 5.41) is 4.82. The number of likely N-dealkylation sites (N-methyl/N-ethyl adjacent to an activating group) is 1. The van der Waals surface area contributed by atoms with Gasteiger partial charge in [0.25, 0.3) is 5.91 Å². The summed E-state index contributed by atoms with van der Waals surface area (Å²) in [5.41, 5.74) is 0. The van der Waals surface area contributed by atoms with Gasteiger partial charge in [-0.2, -0.15) is 0 Å². The number of amides is 2. The van der Waals surface area contributed by atoms with E-state index < -0.39 is 11.9 Å². The fourth-order valence-electron chi connectivity index (χ4n) is 0.628. The molecule has 12 heavy (non-hydrogen) atoms. The van der Waals surface area contributed by atoms with Crippen LogP contribution in [0.25, 0.3) is 0 Å². The van der Waals surface area contributed by atoms with Crippen molar-refractivity contribution in [2.24, 2.45) is 0 Å². The molecule has 0 bridgehead atoms. The topological polar surface area (TPSA) is 58.2 Å². The molecular formula is C8H12N2O2. The van der Waals surface area contributed by atoms with E-state index >= 15 is 0 Å². The van der Waals surface area contributed by atoms with Crippen molar-refractivity contribution in [2.75, 3.05) is 7.05 Å². The smallest absolute Gasteiger partial charge is 0.296 e. The van der Waals surface area contributed by atoms with E-state index in [0.717, 1.165) is 0 Å². The fraction of sp³-hybridized carbons (Fsp3) is 0.500. The Morgan fingerprint density at radius 1 is 1.42 bits per heavy atom. The molecular weight excluding hydrogens is 156 g/mol. The van der Waals surface area contributed by atoms with Gasteiger partial charge in [0.05, 0.1) is 0 Å². The molecule has 0 aliphatic heterocycles. The van der Waals surface area contributed by atoms with Crippen molar-refractivity contribution in [3.63, 3.8) is 0 Å². The summed E-state index contributed by atoms with van der Waals surface area (Å²) >= 11 is 0. The van der Waals surface area contributed by atoms with Crippen LogP contribution < -0.4 is 10.6 Å². The molecule has 1 atom stereocenters.